The number of aromatic nitrogens is 1. The molecular weight excluding hydrogens is 256 g/mol. The van der Waals surface area contributed by atoms with Crippen LogP contribution in [0.1, 0.15) is 17.2 Å². The second kappa shape index (κ2) is 6.06. The highest BCUT2D eigenvalue weighted by Crippen LogP contribution is 2.32. The fourth-order valence-corrected chi connectivity index (χ4v) is 2.06. The molecule has 0 fully saturated rings. The standard InChI is InChI=1S/C15H16N2O3/c1-19-12-7-6-10(9-13(12)20-2)14(15(16)18)11-5-3-4-8-17-11/h3-9,14H,1-2H3,(H2,16,18). The van der Waals surface area contributed by atoms with E-state index in [1.165, 1.54) is 0 Å². The third kappa shape index (κ3) is 2.71. The van der Waals surface area contributed by atoms with Crippen molar-refractivity contribution in [3.63, 3.8) is 0 Å². The Balaban J connectivity index is 2.48. The van der Waals surface area contributed by atoms with Gasteiger partial charge < -0.3 is 15.2 Å². The van der Waals surface area contributed by atoms with Gasteiger partial charge in [0.15, 0.2) is 11.5 Å². The van der Waals surface area contributed by atoms with Gasteiger partial charge in [-0.25, -0.2) is 0 Å². The van der Waals surface area contributed by atoms with Crippen LogP contribution in [0.2, 0.25) is 0 Å². The van der Waals surface area contributed by atoms with Crippen LogP contribution in [-0.4, -0.2) is 25.1 Å². The van der Waals surface area contributed by atoms with Gasteiger partial charge in [-0.1, -0.05) is 12.1 Å². The van der Waals surface area contributed by atoms with Crippen LogP contribution in [0.3, 0.4) is 0 Å². The number of nitrogens with two attached hydrogens (primary N) is 1. The molecule has 0 saturated heterocycles. The van der Waals surface area contributed by atoms with E-state index in [0.717, 1.165) is 0 Å². The summed E-state index contributed by atoms with van der Waals surface area (Å²) in [4.78, 5) is 16.0. The van der Waals surface area contributed by atoms with Gasteiger partial charge in [0.25, 0.3) is 0 Å². The van der Waals surface area contributed by atoms with Gasteiger partial charge in [-0.15, -0.1) is 0 Å². The van der Waals surface area contributed by atoms with Crippen LogP contribution in [0.4, 0.5) is 0 Å². The summed E-state index contributed by atoms with van der Waals surface area (Å²) < 4.78 is 10.4. The molecule has 1 aromatic heterocycles. The van der Waals surface area contributed by atoms with Gasteiger partial charge in [0, 0.05) is 6.20 Å². The van der Waals surface area contributed by atoms with Crippen LogP contribution in [0.15, 0.2) is 42.6 Å². The van der Waals surface area contributed by atoms with Crippen LogP contribution in [0.25, 0.3) is 0 Å². The zero-order valence-corrected chi connectivity index (χ0v) is 11.4. The van der Waals surface area contributed by atoms with E-state index in [9.17, 15) is 4.79 Å². The molecule has 0 bridgehead atoms. The number of carbonyl (C=O) groups excluding carboxylic acids is 1. The number of methoxy groups -OCH3 is 2. The smallest absolute Gasteiger partial charge is 0.231 e. The third-order valence-electron chi connectivity index (χ3n) is 3.01. The van der Waals surface area contributed by atoms with E-state index >= 15 is 0 Å². The molecule has 2 aromatic rings. The third-order valence-corrected chi connectivity index (χ3v) is 3.01. The lowest BCUT2D eigenvalue weighted by atomic mass is 9.94. The minimum Gasteiger partial charge on any atom is -0.493 e. The van der Waals surface area contributed by atoms with Gasteiger partial charge in [0.05, 0.1) is 19.9 Å². The zero-order chi connectivity index (χ0) is 14.5. The summed E-state index contributed by atoms with van der Waals surface area (Å²) in [5.41, 5.74) is 6.83. The summed E-state index contributed by atoms with van der Waals surface area (Å²) in [6.45, 7) is 0. The zero-order valence-electron chi connectivity index (χ0n) is 11.4. The Hall–Kier alpha value is -2.56. The monoisotopic (exact) mass is 272 g/mol. The molecule has 0 radical (unpaired) electrons. The highest BCUT2D eigenvalue weighted by molar-refractivity contribution is 5.85. The van der Waals surface area contributed by atoms with E-state index in [4.69, 9.17) is 15.2 Å². The lowest BCUT2D eigenvalue weighted by Crippen LogP contribution is -2.23. The number of benzene rings is 1. The molecule has 5 heteroatoms. The second-order valence-corrected chi connectivity index (χ2v) is 4.20. The average Bonchev–Trinajstić information content (AvgIpc) is 2.48. The average molecular weight is 272 g/mol. The molecule has 0 saturated carbocycles. The number of primary amides is 1. The number of ether oxygens (including phenoxy) is 2. The van der Waals surface area contributed by atoms with Gasteiger partial charge in [0.1, 0.15) is 5.92 Å². The van der Waals surface area contributed by atoms with E-state index in [-0.39, 0.29) is 0 Å². The first-order chi connectivity index (χ1) is 9.67. The summed E-state index contributed by atoms with van der Waals surface area (Å²) in [5, 5.41) is 0. The predicted octanol–water partition coefficient (Wildman–Crippen LogP) is 1.72. The summed E-state index contributed by atoms with van der Waals surface area (Å²) in [7, 11) is 3.10. The number of amides is 1. The molecular formula is C15H16N2O3. The van der Waals surface area contributed by atoms with Gasteiger partial charge in [-0.3, -0.25) is 9.78 Å². The fraction of sp³-hybridized carbons (Fsp3) is 0.200. The predicted molar refractivity (Wildman–Crippen MR) is 74.8 cm³/mol. The molecule has 0 aliphatic heterocycles. The summed E-state index contributed by atoms with van der Waals surface area (Å²) >= 11 is 0. The summed E-state index contributed by atoms with van der Waals surface area (Å²) in [6.07, 6.45) is 1.63. The SMILES string of the molecule is COc1ccc(C(C(N)=O)c2ccccn2)cc1OC. The van der Waals surface area contributed by atoms with E-state index < -0.39 is 11.8 Å². The Morgan fingerprint density at radius 3 is 2.45 bits per heavy atom. The molecule has 1 atom stereocenters. The van der Waals surface area contributed by atoms with Crippen molar-refractivity contribution in [1.82, 2.24) is 4.98 Å². The number of pyridine rings is 1. The Bertz CT molecular complexity index is 599. The van der Waals surface area contributed by atoms with Gasteiger partial charge >= 0.3 is 0 Å². The Labute approximate surface area is 117 Å². The van der Waals surface area contributed by atoms with E-state index in [0.29, 0.717) is 22.8 Å². The molecule has 5 nitrogen and oxygen atoms in total. The van der Waals surface area contributed by atoms with Crippen LogP contribution < -0.4 is 15.2 Å². The lowest BCUT2D eigenvalue weighted by molar-refractivity contribution is -0.118. The molecule has 2 N–H and O–H groups in total. The largest absolute Gasteiger partial charge is 0.493 e. The first-order valence-electron chi connectivity index (χ1n) is 6.09. The number of nitrogens with zero attached hydrogens (tertiary/aromatic N) is 1. The normalized spacial score (nSPS) is 11.7. The molecule has 104 valence electrons. The van der Waals surface area contributed by atoms with Crippen LogP contribution >= 0.6 is 0 Å². The van der Waals surface area contributed by atoms with Crippen molar-refractivity contribution in [2.45, 2.75) is 5.92 Å². The molecule has 2 rings (SSSR count). The Kier molecular flexibility index (Phi) is 4.20. The van der Waals surface area contributed by atoms with Crippen LogP contribution in [0.5, 0.6) is 11.5 Å². The van der Waals surface area contributed by atoms with Crippen LogP contribution in [0, 0.1) is 0 Å². The maximum atomic E-state index is 11.8. The molecule has 20 heavy (non-hydrogen) atoms. The van der Waals surface area contributed by atoms with E-state index in [1.54, 1.807) is 50.7 Å². The molecule has 0 aliphatic carbocycles. The van der Waals surface area contributed by atoms with Crippen molar-refractivity contribution in [3.8, 4) is 11.5 Å². The number of carbonyl (C=O) groups is 1. The molecule has 0 aliphatic rings. The lowest BCUT2D eigenvalue weighted by Gasteiger charge is -2.15. The minimum atomic E-state index is -0.615. The number of hydrogen-bond donors (Lipinski definition) is 1. The first-order valence-corrected chi connectivity index (χ1v) is 6.09. The molecule has 1 unspecified atom stereocenters. The van der Waals surface area contributed by atoms with Crippen molar-refractivity contribution in [2.75, 3.05) is 14.2 Å². The summed E-state index contributed by atoms with van der Waals surface area (Å²) in [5.74, 6) is 0.0691. The molecule has 1 amide bonds. The first kappa shape index (κ1) is 13.9. The maximum Gasteiger partial charge on any atom is 0.231 e. The van der Waals surface area contributed by atoms with Crippen molar-refractivity contribution >= 4 is 5.91 Å². The number of hydrogen-bond acceptors (Lipinski definition) is 4. The number of rotatable bonds is 5. The van der Waals surface area contributed by atoms with E-state index in [1.807, 2.05) is 6.07 Å². The maximum absolute atomic E-state index is 11.8. The Morgan fingerprint density at radius 1 is 1.15 bits per heavy atom. The van der Waals surface area contributed by atoms with Gasteiger partial charge in [0.2, 0.25) is 5.91 Å². The topological polar surface area (TPSA) is 74.4 Å². The highest BCUT2D eigenvalue weighted by atomic mass is 16.5. The van der Waals surface area contributed by atoms with Gasteiger partial charge in [-0.05, 0) is 29.8 Å². The van der Waals surface area contributed by atoms with Crippen LogP contribution in [-0.2, 0) is 4.79 Å². The van der Waals surface area contributed by atoms with Crippen molar-refractivity contribution in [2.24, 2.45) is 5.73 Å². The highest BCUT2D eigenvalue weighted by Gasteiger charge is 2.22. The molecule has 0 spiro atoms. The van der Waals surface area contributed by atoms with Gasteiger partial charge in [-0.2, -0.15) is 0 Å². The Morgan fingerprint density at radius 2 is 1.90 bits per heavy atom. The summed E-state index contributed by atoms with van der Waals surface area (Å²) in [6, 6.07) is 10.6. The quantitative estimate of drug-likeness (QED) is 0.899. The van der Waals surface area contributed by atoms with Crippen molar-refractivity contribution < 1.29 is 14.3 Å². The minimum absolute atomic E-state index is 0.462. The second-order valence-electron chi connectivity index (χ2n) is 4.20. The molecule has 1 aromatic carbocycles. The molecule has 1 heterocycles. The van der Waals surface area contributed by atoms with Crippen molar-refractivity contribution in [1.29, 1.82) is 0 Å². The van der Waals surface area contributed by atoms with Crippen molar-refractivity contribution in [3.05, 3.63) is 53.9 Å². The van der Waals surface area contributed by atoms with E-state index in [2.05, 4.69) is 4.98 Å². The fourth-order valence-electron chi connectivity index (χ4n) is 2.06.